The SMILES string of the molecule is Cc1ccc(C)c(NS(=O)(=O)c2c(Br)nnn2C)c1. The van der Waals surface area contributed by atoms with Crippen molar-refractivity contribution < 1.29 is 8.42 Å². The Morgan fingerprint density at radius 3 is 2.58 bits per heavy atom. The maximum atomic E-state index is 12.3. The molecule has 0 aliphatic heterocycles. The number of rotatable bonds is 3. The fourth-order valence-corrected chi connectivity index (χ4v) is 3.87. The molecule has 102 valence electrons. The summed E-state index contributed by atoms with van der Waals surface area (Å²) in [6.07, 6.45) is 0. The maximum absolute atomic E-state index is 12.3. The van der Waals surface area contributed by atoms with Crippen LogP contribution in [0.3, 0.4) is 0 Å². The van der Waals surface area contributed by atoms with Crippen molar-refractivity contribution in [3.63, 3.8) is 0 Å². The molecule has 0 amide bonds. The van der Waals surface area contributed by atoms with Crippen molar-refractivity contribution in [2.75, 3.05) is 4.72 Å². The number of sulfonamides is 1. The zero-order chi connectivity index (χ0) is 14.2. The van der Waals surface area contributed by atoms with Crippen LogP contribution in [0.25, 0.3) is 0 Å². The summed E-state index contributed by atoms with van der Waals surface area (Å²) >= 11 is 3.09. The molecule has 6 nitrogen and oxygen atoms in total. The second-order valence-electron chi connectivity index (χ2n) is 4.23. The Kier molecular flexibility index (Phi) is 3.64. The van der Waals surface area contributed by atoms with E-state index in [9.17, 15) is 8.42 Å². The maximum Gasteiger partial charge on any atom is 0.281 e. The van der Waals surface area contributed by atoms with E-state index in [2.05, 4.69) is 31.0 Å². The molecule has 0 spiro atoms. The molecule has 0 saturated carbocycles. The van der Waals surface area contributed by atoms with E-state index in [1.807, 2.05) is 26.0 Å². The van der Waals surface area contributed by atoms with Crippen LogP contribution in [0.1, 0.15) is 11.1 Å². The summed E-state index contributed by atoms with van der Waals surface area (Å²) < 4.78 is 28.6. The smallest absolute Gasteiger partial charge is 0.278 e. The molecule has 0 fully saturated rings. The molecular formula is C11H13BrN4O2S. The molecule has 0 bridgehead atoms. The molecule has 0 aliphatic carbocycles. The van der Waals surface area contributed by atoms with Gasteiger partial charge in [0.25, 0.3) is 10.0 Å². The summed E-state index contributed by atoms with van der Waals surface area (Å²) in [5, 5.41) is 7.33. The van der Waals surface area contributed by atoms with Gasteiger partial charge in [0.05, 0.1) is 5.69 Å². The first-order valence-corrected chi connectivity index (χ1v) is 7.74. The van der Waals surface area contributed by atoms with Gasteiger partial charge < -0.3 is 0 Å². The van der Waals surface area contributed by atoms with Gasteiger partial charge in [-0.1, -0.05) is 17.3 Å². The van der Waals surface area contributed by atoms with Crippen LogP contribution in [-0.2, 0) is 17.1 Å². The molecule has 8 heteroatoms. The van der Waals surface area contributed by atoms with Crippen molar-refractivity contribution in [3.8, 4) is 0 Å². The summed E-state index contributed by atoms with van der Waals surface area (Å²) in [6.45, 7) is 3.74. The molecule has 19 heavy (non-hydrogen) atoms. The Bertz CT molecular complexity index is 705. The molecule has 2 rings (SSSR count). The number of nitrogens with one attached hydrogen (secondary N) is 1. The molecule has 0 atom stereocenters. The monoisotopic (exact) mass is 344 g/mol. The van der Waals surface area contributed by atoms with Gasteiger partial charge in [0.1, 0.15) is 0 Å². The van der Waals surface area contributed by atoms with E-state index in [1.54, 1.807) is 6.07 Å². The minimum absolute atomic E-state index is 0.00611. The predicted molar refractivity (Wildman–Crippen MR) is 75.4 cm³/mol. The molecule has 0 saturated heterocycles. The summed E-state index contributed by atoms with van der Waals surface area (Å²) in [6, 6.07) is 5.57. The number of aryl methyl sites for hydroxylation is 3. The Labute approximate surface area is 120 Å². The lowest BCUT2D eigenvalue weighted by Gasteiger charge is -2.11. The quantitative estimate of drug-likeness (QED) is 0.923. The van der Waals surface area contributed by atoms with E-state index < -0.39 is 10.0 Å². The first-order valence-electron chi connectivity index (χ1n) is 5.46. The lowest BCUT2D eigenvalue weighted by molar-refractivity contribution is 0.578. The lowest BCUT2D eigenvalue weighted by Crippen LogP contribution is -2.17. The van der Waals surface area contributed by atoms with E-state index in [4.69, 9.17) is 0 Å². The third-order valence-corrected chi connectivity index (χ3v) is 4.88. The minimum Gasteiger partial charge on any atom is -0.278 e. The summed E-state index contributed by atoms with van der Waals surface area (Å²) in [4.78, 5) is 0. The topological polar surface area (TPSA) is 76.9 Å². The first kappa shape index (κ1) is 14.0. The van der Waals surface area contributed by atoms with Crippen molar-refractivity contribution in [1.82, 2.24) is 15.0 Å². The zero-order valence-electron chi connectivity index (χ0n) is 10.7. The number of hydrogen-bond acceptors (Lipinski definition) is 4. The van der Waals surface area contributed by atoms with Crippen molar-refractivity contribution >= 4 is 31.6 Å². The molecular weight excluding hydrogens is 332 g/mol. The molecule has 1 aromatic heterocycles. The molecule has 0 aliphatic rings. The van der Waals surface area contributed by atoms with E-state index in [-0.39, 0.29) is 9.63 Å². The van der Waals surface area contributed by atoms with Gasteiger partial charge in [0, 0.05) is 7.05 Å². The average Bonchev–Trinajstić information content (AvgIpc) is 2.64. The van der Waals surface area contributed by atoms with Crippen LogP contribution in [-0.4, -0.2) is 23.4 Å². The molecule has 1 aromatic carbocycles. The van der Waals surface area contributed by atoms with Crippen LogP contribution in [0, 0.1) is 13.8 Å². The number of aromatic nitrogens is 3. The highest BCUT2D eigenvalue weighted by Crippen LogP contribution is 2.23. The van der Waals surface area contributed by atoms with Gasteiger partial charge in [-0.2, -0.15) is 8.42 Å². The Morgan fingerprint density at radius 2 is 2.00 bits per heavy atom. The fourth-order valence-electron chi connectivity index (χ4n) is 1.65. The molecule has 2 aromatic rings. The number of halogens is 1. The third-order valence-electron chi connectivity index (χ3n) is 2.63. The van der Waals surface area contributed by atoms with Crippen molar-refractivity contribution in [2.45, 2.75) is 18.9 Å². The molecule has 0 unspecified atom stereocenters. The van der Waals surface area contributed by atoms with Crippen molar-refractivity contribution in [1.29, 1.82) is 0 Å². The fraction of sp³-hybridized carbons (Fsp3) is 0.273. The van der Waals surface area contributed by atoms with Crippen LogP contribution in [0.4, 0.5) is 5.69 Å². The Morgan fingerprint density at radius 1 is 1.32 bits per heavy atom. The van der Waals surface area contributed by atoms with Gasteiger partial charge in [-0.25, -0.2) is 4.68 Å². The van der Waals surface area contributed by atoms with Crippen LogP contribution in [0.5, 0.6) is 0 Å². The van der Waals surface area contributed by atoms with E-state index in [0.29, 0.717) is 5.69 Å². The van der Waals surface area contributed by atoms with Gasteiger partial charge in [0.15, 0.2) is 4.60 Å². The number of nitrogens with zero attached hydrogens (tertiary/aromatic N) is 3. The van der Waals surface area contributed by atoms with E-state index >= 15 is 0 Å². The van der Waals surface area contributed by atoms with Crippen molar-refractivity contribution in [3.05, 3.63) is 33.9 Å². The second kappa shape index (κ2) is 4.93. The second-order valence-corrected chi connectivity index (χ2v) is 6.58. The average molecular weight is 345 g/mol. The zero-order valence-corrected chi connectivity index (χ0v) is 13.1. The standard InChI is InChI=1S/C11H13BrN4O2S/c1-7-4-5-8(2)9(6-7)14-19(17,18)11-10(12)13-15-16(11)3/h4-6,14H,1-3H3. The van der Waals surface area contributed by atoms with Crippen LogP contribution >= 0.6 is 15.9 Å². The highest BCUT2D eigenvalue weighted by atomic mass is 79.9. The van der Waals surface area contributed by atoms with Crippen LogP contribution in [0.15, 0.2) is 27.8 Å². The van der Waals surface area contributed by atoms with Gasteiger partial charge in [0.2, 0.25) is 5.03 Å². The predicted octanol–water partition coefficient (Wildman–Crippen LogP) is 2.00. The lowest BCUT2D eigenvalue weighted by atomic mass is 10.1. The Balaban J connectivity index is 2.45. The van der Waals surface area contributed by atoms with Crippen LogP contribution < -0.4 is 4.72 Å². The number of benzene rings is 1. The molecule has 1 N–H and O–H groups in total. The van der Waals surface area contributed by atoms with Crippen molar-refractivity contribution in [2.24, 2.45) is 7.05 Å². The van der Waals surface area contributed by atoms with E-state index in [0.717, 1.165) is 11.1 Å². The highest BCUT2D eigenvalue weighted by Gasteiger charge is 2.24. The highest BCUT2D eigenvalue weighted by molar-refractivity contribution is 9.10. The van der Waals surface area contributed by atoms with Gasteiger partial charge in [-0.05, 0) is 47.0 Å². The van der Waals surface area contributed by atoms with Gasteiger partial charge in [-0.15, -0.1) is 5.10 Å². The van der Waals surface area contributed by atoms with Gasteiger partial charge in [-0.3, -0.25) is 4.72 Å². The number of hydrogen-bond donors (Lipinski definition) is 1. The third kappa shape index (κ3) is 2.79. The molecule has 0 radical (unpaired) electrons. The Hall–Kier alpha value is -1.41. The normalized spacial score (nSPS) is 11.6. The first-order chi connectivity index (χ1) is 8.81. The number of anilines is 1. The summed E-state index contributed by atoms with van der Waals surface area (Å²) in [5.74, 6) is 0. The van der Waals surface area contributed by atoms with E-state index in [1.165, 1.54) is 11.7 Å². The summed E-state index contributed by atoms with van der Waals surface area (Å²) in [5.41, 5.74) is 2.37. The van der Waals surface area contributed by atoms with Crippen LogP contribution in [0.2, 0.25) is 0 Å². The summed E-state index contributed by atoms with van der Waals surface area (Å²) in [7, 11) is -2.21. The minimum atomic E-state index is -3.73. The molecule has 1 heterocycles. The van der Waals surface area contributed by atoms with Gasteiger partial charge >= 0.3 is 0 Å². The largest absolute Gasteiger partial charge is 0.281 e.